The number of amides is 1. The number of sulfonamides is 1. The van der Waals surface area contributed by atoms with Crippen LogP contribution >= 0.6 is 11.6 Å². The number of hydrogen-bond donors (Lipinski definition) is 0. The van der Waals surface area contributed by atoms with Crippen LogP contribution in [0.15, 0.2) is 51.8 Å². The molecule has 0 bridgehead atoms. The first-order valence-corrected chi connectivity index (χ1v) is 13.2. The zero-order valence-corrected chi connectivity index (χ0v) is 21.2. The largest absolute Gasteiger partial charge is 0.419 e. The maximum Gasteiger partial charge on any atom is 0.254 e. The molecular formula is C24H27ClN4O5S. The van der Waals surface area contributed by atoms with Gasteiger partial charge >= 0.3 is 0 Å². The number of halogens is 1. The monoisotopic (exact) mass is 518 g/mol. The zero-order valence-electron chi connectivity index (χ0n) is 19.6. The van der Waals surface area contributed by atoms with Crippen LogP contribution in [0, 0.1) is 6.92 Å². The third-order valence-corrected chi connectivity index (χ3v) is 7.95. The van der Waals surface area contributed by atoms with Crippen LogP contribution in [0.5, 0.6) is 0 Å². The number of benzene rings is 2. The Kier molecular flexibility index (Phi) is 7.85. The lowest BCUT2D eigenvalue weighted by Crippen LogP contribution is -2.40. The molecule has 0 atom stereocenters. The molecule has 3 aromatic rings. The van der Waals surface area contributed by atoms with E-state index in [9.17, 15) is 13.2 Å². The quantitative estimate of drug-likeness (QED) is 0.447. The molecule has 1 aliphatic rings. The third-order valence-electron chi connectivity index (χ3n) is 5.73. The predicted molar refractivity (Wildman–Crippen MR) is 131 cm³/mol. The van der Waals surface area contributed by atoms with Crippen LogP contribution in [0.25, 0.3) is 11.5 Å². The Morgan fingerprint density at radius 3 is 2.60 bits per heavy atom. The van der Waals surface area contributed by atoms with Gasteiger partial charge in [-0.15, -0.1) is 10.2 Å². The van der Waals surface area contributed by atoms with Crippen molar-refractivity contribution in [2.24, 2.45) is 0 Å². The van der Waals surface area contributed by atoms with Gasteiger partial charge in [0.2, 0.25) is 21.8 Å². The Morgan fingerprint density at radius 2 is 1.89 bits per heavy atom. The Hall–Kier alpha value is -2.79. The molecule has 1 fully saturated rings. The minimum Gasteiger partial charge on any atom is -0.419 e. The van der Waals surface area contributed by atoms with Crippen LogP contribution in [-0.2, 0) is 21.3 Å². The number of aryl methyl sites for hydroxylation is 1. The van der Waals surface area contributed by atoms with Crippen LogP contribution < -0.4 is 0 Å². The van der Waals surface area contributed by atoms with Crippen molar-refractivity contribution >= 4 is 27.5 Å². The van der Waals surface area contributed by atoms with E-state index in [1.54, 1.807) is 36.1 Å². The van der Waals surface area contributed by atoms with Gasteiger partial charge < -0.3 is 14.1 Å². The molecule has 11 heteroatoms. The summed E-state index contributed by atoms with van der Waals surface area (Å²) in [5.74, 6) is 0.224. The van der Waals surface area contributed by atoms with E-state index in [2.05, 4.69) is 10.2 Å². The molecule has 186 valence electrons. The standard InChI is InChI=1S/C24H27ClN4O5S/c1-3-10-28(16-22-26-27-23(34-22)19-6-4-5-7-21(19)25)24(30)20-15-18(9-8-17(20)2)35(31,32)29-11-13-33-14-12-29/h4-9,15H,3,10-14,16H2,1-2H3. The van der Waals surface area contributed by atoms with Crippen molar-refractivity contribution in [1.29, 1.82) is 0 Å². The minimum atomic E-state index is -3.73. The van der Waals surface area contributed by atoms with Crippen LogP contribution in [-0.4, -0.2) is 66.6 Å². The summed E-state index contributed by atoms with van der Waals surface area (Å²) in [7, 11) is -3.73. The number of aromatic nitrogens is 2. The molecule has 9 nitrogen and oxygen atoms in total. The van der Waals surface area contributed by atoms with Crippen molar-refractivity contribution < 1.29 is 22.4 Å². The average molecular weight is 519 g/mol. The number of morpholine rings is 1. The normalized spacial score (nSPS) is 14.7. The molecule has 4 rings (SSSR count). The molecule has 35 heavy (non-hydrogen) atoms. The number of carbonyl (C=O) groups excluding carboxylic acids is 1. The predicted octanol–water partition coefficient (Wildman–Crippen LogP) is 3.77. The van der Waals surface area contributed by atoms with Crippen LogP contribution in [0.3, 0.4) is 0 Å². The van der Waals surface area contributed by atoms with Crippen molar-refractivity contribution in [3.05, 3.63) is 64.5 Å². The fraction of sp³-hybridized carbons (Fsp3) is 0.375. The lowest BCUT2D eigenvalue weighted by Gasteiger charge is -2.26. The molecule has 1 amide bonds. The number of ether oxygens (including phenoxy) is 1. The van der Waals surface area contributed by atoms with Crippen LogP contribution in [0.2, 0.25) is 5.02 Å². The molecule has 1 aromatic heterocycles. The summed E-state index contributed by atoms with van der Waals surface area (Å²) in [6.07, 6.45) is 0.696. The van der Waals surface area contributed by atoms with E-state index < -0.39 is 10.0 Å². The highest BCUT2D eigenvalue weighted by molar-refractivity contribution is 7.89. The molecule has 2 aromatic carbocycles. The SMILES string of the molecule is CCCN(Cc1nnc(-c2ccccc2Cl)o1)C(=O)c1cc(S(=O)(=O)N2CCOCC2)ccc1C. The molecule has 0 saturated carbocycles. The fourth-order valence-electron chi connectivity index (χ4n) is 3.84. The zero-order chi connectivity index (χ0) is 25.0. The average Bonchev–Trinajstić information content (AvgIpc) is 3.32. The molecule has 1 aliphatic heterocycles. The van der Waals surface area contributed by atoms with Gasteiger partial charge in [0, 0.05) is 25.2 Å². The van der Waals surface area contributed by atoms with Crippen LogP contribution in [0.4, 0.5) is 0 Å². The Balaban J connectivity index is 1.59. The van der Waals surface area contributed by atoms with Crippen molar-refractivity contribution in [2.45, 2.75) is 31.7 Å². The van der Waals surface area contributed by atoms with Gasteiger partial charge in [0.15, 0.2) is 0 Å². The second-order valence-electron chi connectivity index (χ2n) is 8.20. The second-order valence-corrected chi connectivity index (χ2v) is 10.5. The topological polar surface area (TPSA) is 106 Å². The first-order chi connectivity index (χ1) is 16.8. The van der Waals surface area contributed by atoms with Gasteiger partial charge in [-0.3, -0.25) is 4.79 Å². The van der Waals surface area contributed by atoms with E-state index in [0.717, 1.165) is 0 Å². The summed E-state index contributed by atoms with van der Waals surface area (Å²) in [4.78, 5) is 15.2. The summed E-state index contributed by atoms with van der Waals surface area (Å²) < 4.78 is 38.7. The van der Waals surface area contributed by atoms with E-state index in [4.69, 9.17) is 20.8 Å². The number of nitrogens with zero attached hydrogens (tertiary/aromatic N) is 4. The molecule has 2 heterocycles. The third kappa shape index (κ3) is 5.56. The lowest BCUT2D eigenvalue weighted by molar-refractivity contribution is 0.0724. The van der Waals surface area contributed by atoms with Gasteiger partial charge in [0.05, 0.1) is 35.2 Å². The number of rotatable bonds is 8. The first-order valence-electron chi connectivity index (χ1n) is 11.4. The molecular weight excluding hydrogens is 492 g/mol. The van der Waals surface area contributed by atoms with Crippen molar-refractivity contribution in [3.8, 4) is 11.5 Å². The fourth-order valence-corrected chi connectivity index (χ4v) is 5.50. The highest BCUT2D eigenvalue weighted by Gasteiger charge is 2.28. The van der Waals surface area contributed by atoms with Gasteiger partial charge in [0.25, 0.3) is 5.91 Å². The molecule has 0 spiro atoms. The van der Waals surface area contributed by atoms with Crippen molar-refractivity contribution in [3.63, 3.8) is 0 Å². The summed E-state index contributed by atoms with van der Waals surface area (Å²) in [5, 5.41) is 8.65. The summed E-state index contributed by atoms with van der Waals surface area (Å²) in [5.41, 5.74) is 1.61. The van der Waals surface area contributed by atoms with Crippen molar-refractivity contribution in [1.82, 2.24) is 19.4 Å². The van der Waals surface area contributed by atoms with E-state index in [-0.39, 0.29) is 42.2 Å². The van der Waals surface area contributed by atoms with E-state index in [1.165, 1.54) is 16.4 Å². The molecule has 1 saturated heterocycles. The smallest absolute Gasteiger partial charge is 0.254 e. The summed E-state index contributed by atoms with van der Waals surface area (Å²) in [6, 6.07) is 11.8. The van der Waals surface area contributed by atoms with E-state index in [1.807, 2.05) is 13.0 Å². The maximum atomic E-state index is 13.5. The number of hydrogen-bond acceptors (Lipinski definition) is 7. The molecule has 0 unspecified atom stereocenters. The lowest BCUT2D eigenvalue weighted by atomic mass is 10.1. The summed E-state index contributed by atoms with van der Waals surface area (Å²) >= 11 is 6.23. The van der Waals surface area contributed by atoms with E-state index in [0.29, 0.717) is 47.9 Å². The van der Waals surface area contributed by atoms with Gasteiger partial charge in [0.1, 0.15) is 0 Å². The Labute approximate surface area is 209 Å². The highest BCUT2D eigenvalue weighted by Crippen LogP contribution is 2.27. The van der Waals surface area contributed by atoms with Gasteiger partial charge in [-0.1, -0.05) is 36.7 Å². The molecule has 0 aliphatic carbocycles. The Bertz CT molecular complexity index is 1300. The van der Waals surface area contributed by atoms with Gasteiger partial charge in [-0.25, -0.2) is 8.42 Å². The van der Waals surface area contributed by atoms with Gasteiger partial charge in [-0.05, 0) is 43.2 Å². The number of carbonyl (C=O) groups is 1. The summed E-state index contributed by atoms with van der Waals surface area (Å²) in [6.45, 7) is 5.52. The second kappa shape index (κ2) is 10.9. The van der Waals surface area contributed by atoms with Crippen LogP contribution in [0.1, 0.15) is 35.2 Å². The molecule has 0 radical (unpaired) electrons. The minimum absolute atomic E-state index is 0.0867. The Morgan fingerprint density at radius 1 is 1.14 bits per heavy atom. The van der Waals surface area contributed by atoms with Crippen molar-refractivity contribution in [2.75, 3.05) is 32.8 Å². The molecule has 0 N–H and O–H groups in total. The first kappa shape index (κ1) is 25.3. The maximum absolute atomic E-state index is 13.5. The highest BCUT2D eigenvalue weighted by atomic mass is 35.5. The van der Waals surface area contributed by atoms with E-state index >= 15 is 0 Å². The van der Waals surface area contributed by atoms with Gasteiger partial charge in [-0.2, -0.15) is 4.31 Å².